The predicted octanol–water partition coefficient (Wildman–Crippen LogP) is 4.95. The standard InChI is InChI=1S/C19H23BrFNO3/c1-4-18(22-25-13-17(14(2)21)10-7-11-20)15-8-5-6-9-16(12-15)19(23)24-3/h6-10,12H,4-5,11,13H2,1-3H3/b10-7-,17-14-,22-18+. The number of carbonyl (C=O) groups is 1. The van der Waals surface area contributed by atoms with Gasteiger partial charge in [0.05, 0.1) is 18.4 Å². The van der Waals surface area contributed by atoms with Gasteiger partial charge in [-0.15, -0.1) is 0 Å². The largest absolute Gasteiger partial charge is 0.465 e. The molecule has 0 spiro atoms. The van der Waals surface area contributed by atoms with Crippen molar-refractivity contribution in [2.45, 2.75) is 26.7 Å². The summed E-state index contributed by atoms with van der Waals surface area (Å²) in [4.78, 5) is 17.1. The molecule has 136 valence electrons. The molecule has 1 aliphatic rings. The SMILES string of the molecule is CC/C(=N\OCC(/C=C\CBr)=C(/C)F)C1=CCC=CC(C(=O)OC)=C1. The molecule has 25 heavy (non-hydrogen) atoms. The summed E-state index contributed by atoms with van der Waals surface area (Å²) in [6.45, 7) is 3.36. The quantitative estimate of drug-likeness (QED) is 0.186. The van der Waals surface area contributed by atoms with E-state index in [1.807, 2.05) is 19.1 Å². The van der Waals surface area contributed by atoms with Gasteiger partial charge >= 0.3 is 5.97 Å². The van der Waals surface area contributed by atoms with Crippen molar-refractivity contribution in [1.29, 1.82) is 0 Å². The molecule has 0 aromatic heterocycles. The third-order valence-electron chi connectivity index (χ3n) is 3.42. The molecule has 0 aromatic carbocycles. The van der Waals surface area contributed by atoms with E-state index in [1.165, 1.54) is 14.0 Å². The Morgan fingerprint density at radius 3 is 2.80 bits per heavy atom. The number of esters is 1. The molecule has 0 aromatic rings. The van der Waals surface area contributed by atoms with Gasteiger partial charge in [-0.3, -0.25) is 0 Å². The van der Waals surface area contributed by atoms with Crippen molar-refractivity contribution in [3.63, 3.8) is 0 Å². The number of hydrogen-bond acceptors (Lipinski definition) is 4. The van der Waals surface area contributed by atoms with Crippen LogP contribution in [0.4, 0.5) is 4.39 Å². The number of allylic oxidation sites excluding steroid dienone is 6. The second-order valence-corrected chi connectivity index (χ2v) is 5.82. The van der Waals surface area contributed by atoms with Crippen LogP contribution in [0.2, 0.25) is 0 Å². The zero-order valence-electron chi connectivity index (χ0n) is 14.7. The topological polar surface area (TPSA) is 47.9 Å². The lowest BCUT2D eigenvalue weighted by atomic mass is 10.1. The second kappa shape index (κ2) is 11.6. The van der Waals surface area contributed by atoms with Crippen molar-refractivity contribution in [3.05, 3.63) is 59.0 Å². The minimum Gasteiger partial charge on any atom is -0.465 e. The Kier molecular flexibility index (Phi) is 9.77. The molecule has 4 nitrogen and oxygen atoms in total. The van der Waals surface area contributed by atoms with E-state index < -0.39 is 5.97 Å². The zero-order chi connectivity index (χ0) is 18.7. The number of nitrogens with zero attached hydrogens (tertiary/aromatic N) is 1. The molecule has 0 radical (unpaired) electrons. The molecule has 0 saturated heterocycles. The first-order valence-electron chi connectivity index (χ1n) is 7.97. The number of ether oxygens (including phenoxy) is 1. The fraction of sp³-hybridized carbons (Fsp3) is 0.368. The molecule has 0 aliphatic heterocycles. The highest BCUT2D eigenvalue weighted by atomic mass is 79.9. The van der Waals surface area contributed by atoms with E-state index in [4.69, 9.17) is 9.57 Å². The number of hydrogen-bond donors (Lipinski definition) is 0. The van der Waals surface area contributed by atoms with Crippen molar-refractivity contribution < 1.29 is 18.8 Å². The number of halogens is 2. The van der Waals surface area contributed by atoms with Gasteiger partial charge in [0.1, 0.15) is 12.4 Å². The molecule has 0 amide bonds. The number of carbonyl (C=O) groups excluding carboxylic acids is 1. The van der Waals surface area contributed by atoms with Gasteiger partial charge in [0.15, 0.2) is 0 Å². The van der Waals surface area contributed by atoms with Crippen LogP contribution in [0.3, 0.4) is 0 Å². The number of alkyl halides is 1. The van der Waals surface area contributed by atoms with Gasteiger partial charge < -0.3 is 9.57 Å². The van der Waals surface area contributed by atoms with Crippen LogP contribution in [0.5, 0.6) is 0 Å². The highest BCUT2D eigenvalue weighted by molar-refractivity contribution is 9.09. The molecule has 0 atom stereocenters. The summed E-state index contributed by atoms with van der Waals surface area (Å²) in [5, 5.41) is 4.77. The lowest BCUT2D eigenvalue weighted by molar-refractivity contribution is -0.135. The Balaban J connectivity index is 2.92. The summed E-state index contributed by atoms with van der Waals surface area (Å²) < 4.78 is 18.3. The Morgan fingerprint density at radius 1 is 1.44 bits per heavy atom. The smallest absolute Gasteiger partial charge is 0.337 e. The van der Waals surface area contributed by atoms with Crippen molar-refractivity contribution in [3.8, 4) is 0 Å². The zero-order valence-corrected chi connectivity index (χ0v) is 16.3. The van der Waals surface area contributed by atoms with Gasteiger partial charge in [0.25, 0.3) is 0 Å². The van der Waals surface area contributed by atoms with Crippen molar-refractivity contribution in [2.24, 2.45) is 5.16 Å². The van der Waals surface area contributed by atoms with Crippen LogP contribution < -0.4 is 0 Å². The molecule has 0 saturated carbocycles. The molecule has 0 N–H and O–H groups in total. The molecule has 1 rings (SSSR count). The van der Waals surface area contributed by atoms with E-state index in [-0.39, 0.29) is 12.4 Å². The molecule has 0 heterocycles. The summed E-state index contributed by atoms with van der Waals surface area (Å²) in [6, 6.07) is 0. The monoisotopic (exact) mass is 411 g/mol. The van der Waals surface area contributed by atoms with Crippen LogP contribution in [0.25, 0.3) is 0 Å². The van der Waals surface area contributed by atoms with Gasteiger partial charge in [0, 0.05) is 10.9 Å². The summed E-state index contributed by atoms with van der Waals surface area (Å²) in [5.41, 5.74) is 2.37. The minimum atomic E-state index is -0.404. The molecule has 0 fully saturated rings. The van der Waals surface area contributed by atoms with E-state index in [1.54, 1.807) is 24.3 Å². The van der Waals surface area contributed by atoms with Crippen LogP contribution in [0.15, 0.2) is 64.2 Å². The van der Waals surface area contributed by atoms with Crippen molar-refractivity contribution in [1.82, 2.24) is 0 Å². The maximum atomic E-state index is 13.5. The van der Waals surface area contributed by atoms with Crippen LogP contribution in [-0.4, -0.2) is 30.7 Å². The number of rotatable bonds is 8. The van der Waals surface area contributed by atoms with Gasteiger partial charge in [-0.05, 0) is 31.4 Å². The van der Waals surface area contributed by atoms with Crippen LogP contribution in [-0.2, 0) is 14.4 Å². The first kappa shape index (κ1) is 21.1. The molecule has 1 aliphatic carbocycles. The average molecular weight is 412 g/mol. The van der Waals surface area contributed by atoms with Crippen LogP contribution in [0.1, 0.15) is 26.7 Å². The van der Waals surface area contributed by atoms with Crippen LogP contribution in [0, 0.1) is 0 Å². The predicted molar refractivity (Wildman–Crippen MR) is 102 cm³/mol. The van der Waals surface area contributed by atoms with Crippen molar-refractivity contribution in [2.75, 3.05) is 19.0 Å². The molecule has 6 heteroatoms. The average Bonchev–Trinajstić information content (AvgIpc) is 2.86. The van der Waals surface area contributed by atoms with Gasteiger partial charge in [0.2, 0.25) is 0 Å². The summed E-state index contributed by atoms with van der Waals surface area (Å²) in [7, 11) is 1.34. The molecular formula is C19H23BrFNO3. The highest BCUT2D eigenvalue weighted by Gasteiger charge is 2.12. The van der Waals surface area contributed by atoms with E-state index in [9.17, 15) is 9.18 Å². The molecular weight excluding hydrogens is 389 g/mol. The van der Waals surface area contributed by atoms with E-state index in [0.29, 0.717) is 35.0 Å². The number of methoxy groups -OCH3 is 1. The fourth-order valence-corrected chi connectivity index (χ4v) is 2.25. The maximum absolute atomic E-state index is 13.5. The first-order valence-corrected chi connectivity index (χ1v) is 9.09. The van der Waals surface area contributed by atoms with Gasteiger partial charge in [-0.2, -0.15) is 0 Å². The normalized spacial score (nSPS) is 16.1. The lowest BCUT2D eigenvalue weighted by Crippen LogP contribution is -2.06. The van der Waals surface area contributed by atoms with Crippen molar-refractivity contribution >= 4 is 27.6 Å². The van der Waals surface area contributed by atoms with E-state index in [2.05, 4.69) is 21.1 Å². The Bertz CT molecular complexity index is 654. The Hall–Kier alpha value is -1.95. The summed E-state index contributed by atoms with van der Waals surface area (Å²) in [5.74, 6) is -0.713. The minimum absolute atomic E-state index is 0.0361. The highest BCUT2D eigenvalue weighted by Crippen LogP contribution is 2.16. The third-order valence-corrected chi connectivity index (χ3v) is 3.79. The lowest BCUT2D eigenvalue weighted by Gasteiger charge is -2.07. The molecule has 0 unspecified atom stereocenters. The van der Waals surface area contributed by atoms with Gasteiger partial charge in [-0.1, -0.05) is 58.4 Å². The third kappa shape index (κ3) is 7.22. The van der Waals surface area contributed by atoms with E-state index >= 15 is 0 Å². The fourth-order valence-electron chi connectivity index (χ4n) is 2.06. The second-order valence-electron chi connectivity index (χ2n) is 5.17. The molecule has 0 bridgehead atoms. The summed E-state index contributed by atoms with van der Waals surface area (Å²) >= 11 is 3.25. The first-order chi connectivity index (χ1) is 12.0. The Labute approximate surface area is 156 Å². The maximum Gasteiger partial charge on any atom is 0.337 e. The Morgan fingerprint density at radius 2 is 2.20 bits per heavy atom. The van der Waals surface area contributed by atoms with Crippen LogP contribution >= 0.6 is 15.9 Å². The van der Waals surface area contributed by atoms with Gasteiger partial charge in [-0.25, -0.2) is 9.18 Å². The number of oxime groups is 1. The van der Waals surface area contributed by atoms with E-state index in [0.717, 1.165) is 5.57 Å². The summed E-state index contributed by atoms with van der Waals surface area (Å²) in [6.07, 6.45) is 12.0.